The number of amides is 1. The molecule has 3 rings (SSSR count). The summed E-state index contributed by atoms with van der Waals surface area (Å²) in [4.78, 5) is 19.9. The van der Waals surface area contributed by atoms with Crippen molar-refractivity contribution in [2.45, 2.75) is 61.0 Å². The number of nitrogens with zero attached hydrogens (tertiary/aromatic N) is 2. The number of hydrogen-bond acceptors (Lipinski definition) is 4. The van der Waals surface area contributed by atoms with E-state index in [9.17, 15) is 4.79 Å². The predicted octanol–water partition coefficient (Wildman–Crippen LogP) is 6.44. The van der Waals surface area contributed by atoms with Crippen molar-refractivity contribution in [3.05, 3.63) is 59.4 Å². The topological polar surface area (TPSA) is 33.2 Å². The van der Waals surface area contributed by atoms with Gasteiger partial charge in [-0.3, -0.25) is 9.78 Å². The van der Waals surface area contributed by atoms with Gasteiger partial charge in [-0.2, -0.15) is 0 Å². The Kier molecular flexibility index (Phi) is 8.12. The van der Waals surface area contributed by atoms with Gasteiger partial charge in [0.1, 0.15) is 0 Å². The van der Waals surface area contributed by atoms with E-state index in [2.05, 4.69) is 18.0 Å². The smallest absolute Gasteiger partial charge is 0.220 e. The number of benzene rings is 1. The maximum absolute atomic E-state index is 12.3. The van der Waals surface area contributed by atoms with Gasteiger partial charge in [-0.15, -0.1) is 23.5 Å². The molecule has 0 aliphatic heterocycles. The number of hydrogen-bond donors (Lipinski definition) is 0. The first-order valence-corrected chi connectivity index (χ1v) is 12.1. The molecule has 0 saturated heterocycles. The van der Waals surface area contributed by atoms with Crippen LogP contribution in [0.1, 0.15) is 51.3 Å². The molecule has 1 fully saturated rings. The highest BCUT2D eigenvalue weighted by atomic mass is 35.5. The SMILES string of the molecule is CC(=O)N(CSC1CCCCC1Sc1cccc(Cl)c1)C(C)c1ccccn1. The van der Waals surface area contributed by atoms with Crippen molar-refractivity contribution in [2.24, 2.45) is 0 Å². The Morgan fingerprint density at radius 2 is 2.00 bits per heavy atom. The van der Waals surface area contributed by atoms with Gasteiger partial charge in [0.05, 0.1) is 17.6 Å². The Morgan fingerprint density at radius 3 is 2.68 bits per heavy atom. The highest BCUT2D eigenvalue weighted by Gasteiger charge is 2.28. The molecule has 3 atom stereocenters. The van der Waals surface area contributed by atoms with Gasteiger partial charge < -0.3 is 4.90 Å². The summed E-state index contributed by atoms with van der Waals surface area (Å²) in [6, 6.07) is 14.0. The first-order chi connectivity index (χ1) is 13.5. The fraction of sp³-hybridized carbons (Fsp3) is 0.455. The van der Waals surface area contributed by atoms with Gasteiger partial charge in [-0.1, -0.05) is 36.6 Å². The number of halogens is 1. The van der Waals surface area contributed by atoms with Gasteiger partial charge in [0.2, 0.25) is 5.91 Å². The van der Waals surface area contributed by atoms with Crippen molar-refractivity contribution in [2.75, 3.05) is 5.88 Å². The van der Waals surface area contributed by atoms with E-state index in [0.29, 0.717) is 16.4 Å². The van der Waals surface area contributed by atoms with Gasteiger partial charge in [-0.25, -0.2) is 0 Å². The molecule has 0 spiro atoms. The number of carbonyl (C=O) groups excluding carboxylic acids is 1. The highest BCUT2D eigenvalue weighted by Crippen LogP contribution is 2.40. The molecule has 150 valence electrons. The molecule has 6 heteroatoms. The Balaban J connectivity index is 1.64. The summed E-state index contributed by atoms with van der Waals surface area (Å²) in [6.45, 7) is 3.71. The predicted molar refractivity (Wildman–Crippen MR) is 121 cm³/mol. The van der Waals surface area contributed by atoms with Gasteiger partial charge in [-0.05, 0) is 50.1 Å². The van der Waals surface area contributed by atoms with E-state index in [1.807, 2.05) is 64.8 Å². The first-order valence-electron chi connectivity index (χ1n) is 9.76. The quantitative estimate of drug-likeness (QED) is 0.469. The standard InChI is InChI=1S/C22H27ClN2OS2/c1-16(20-10-5-6-13-24-20)25(17(2)26)15-27-21-11-3-4-12-22(21)28-19-9-7-8-18(23)14-19/h5-10,13-14,16,21-22H,3-4,11-12,15H2,1-2H3. The van der Waals surface area contributed by atoms with Gasteiger partial charge in [0.15, 0.2) is 0 Å². The van der Waals surface area contributed by atoms with Crippen molar-refractivity contribution >= 4 is 41.0 Å². The second kappa shape index (κ2) is 10.6. The van der Waals surface area contributed by atoms with Crippen LogP contribution in [0.15, 0.2) is 53.6 Å². The molecule has 0 radical (unpaired) electrons. The lowest BCUT2D eigenvalue weighted by molar-refractivity contribution is -0.129. The van der Waals surface area contributed by atoms with Crippen LogP contribution in [0.5, 0.6) is 0 Å². The molecule has 28 heavy (non-hydrogen) atoms. The van der Waals surface area contributed by atoms with Crippen molar-refractivity contribution < 1.29 is 4.79 Å². The number of carbonyl (C=O) groups is 1. The lowest BCUT2D eigenvalue weighted by atomic mass is 10.00. The molecule has 0 N–H and O–H groups in total. The summed E-state index contributed by atoms with van der Waals surface area (Å²) in [5.74, 6) is 0.796. The van der Waals surface area contributed by atoms with E-state index in [1.165, 1.54) is 30.6 Å². The van der Waals surface area contributed by atoms with Crippen LogP contribution in [0.2, 0.25) is 5.02 Å². The summed E-state index contributed by atoms with van der Waals surface area (Å²) in [7, 11) is 0. The van der Waals surface area contributed by atoms with E-state index >= 15 is 0 Å². The van der Waals surface area contributed by atoms with E-state index in [-0.39, 0.29) is 11.9 Å². The van der Waals surface area contributed by atoms with Crippen molar-refractivity contribution in [3.8, 4) is 0 Å². The number of pyridine rings is 1. The molecular formula is C22H27ClN2OS2. The van der Waals surface area contributed by atoms with E-state index in [0.717, 1.165) is 10.7 Å². The highest BCUT2D eigenvalue weighted by molar-refractivity contribution is 8.03. The van der Waals surface area contributed by atoms with Gasteiger partial charge in [0, 0.05) is 33.5 Å². The average Bonchev–Trinajstić information content (AvgIpc) is 2.69. The lowest BCUT2D eigenvalue weighted by Crippen LogP contribution is -2.34. The van der Waals surface area contributed by atoms with E-state index in [4.69, 9.17) is 11.6 Å². The third kappa shape index (κ3) is 5.91. The number of aromatic nitrogens is 1. The summed E-state index contributed by atoms with van der Waals surface area (Å²) in [5, 5.41) is 1.88. The van der Waals surface area contributed by atoms with Crippen molar-refractivity contribution in [1.82, 2.24) is 9.88 Å². The second-order valence-corrected chi connectivity index (χ2v) is 10.1. The van der Waals surface area contributed by atoms with Crippen molar-refractivity contribution in [1.29, 1.82) is 0 Å². The van der Waals surface area contributed by atoms with Gasteiger partial charge >= 0.3 is 0 Å². The molecule has 1 heterocycles. The third-order valence-corrected chi connectivity index (χ3v) is 8.36. The molecule has 1 aliphatic rings. The molecule has 3 nitrogen and oxygen atoms in total. The zero-order chi connectivity index (χ0) is 19.9. The molecule has 1 aliphatic carbocycles. The van der Waals surface area contributed by atoms with Crippen LogP contribution in [-0.2, 0) is 4.79 Å². The molecule has 3 unspecified atom stereocenters. The van der Waals surface area contributed by atoms with Crippen LogP contribution in [0.4, 0.5) is 0 Å². The Morgan fingerprint density at radius 1 is 1.21 bits per heavy atom. The zero-order valence-corrected chi connectivity index (χ0v) is 18.8. The third-order valence-electron chi connectivity index (χ3n) is 5.14. The maximum atomic E-state index is 12.3. The van der Waals surface area contributed by atoms with E-state index < -0.39 is 0 Å². The van der Waals surface area contributed by atoms with E-state index in [1.54, 1.807) is 13.1 Å². The molecule has 1 amide bonds. The molecule has 1 aromatic heterocycles. The molecule has 0 bridgehead atoms. The average molecular weight is 435 g/mol. The van der Waals surface area contributed by atoms with Crippen LogP contribution < -0.4 is 0 Å². The fourth-order valence-electron chi connectivity index (χ4n) is 3.54. The summed E-state index contributed by atoms with van der Waals surface area (Å²) >= 11 is 10.0. The van der Waals surface area contributed by atoms with Crippen LogP contribution in [0.25, 0.3) is 0 Å². The maximum Gasteiger partial charge on any atom is 0.220 e. The monoisotopic (exact) mass is 434 g/mol. The van der Waals surface area contributed by atoms with Crippen molar-refractivity contribution in [3.63, 3.8) is 0 Å². The lowest BCUT2D eigenvalue weighted by Gasteiger charge is -2.34. The van der Waals surface area contributed by atoms with Crippen LogP contribution in [-0.4, -0.2) is 32.2 Å². The van der Waals surface area contributed by atoms with Crippen LogP contribution in [0.3, 0.4) is 0 Å². The zero-order valence-electron chi connectivity index (χ0n) is 16.4. The largest absolute Gasteiger partial charge is 0.325 e. The minimum absolute atomic E-state index is 0.0196. The Hall–Kier alpha value is -1.17. The Bertz CT molecular complexity index is 774. The minimum atomic E-state index is -0.0196. The van der Waals surface area contributed by atoms with Crippen LogP contribution in [0, 0.1) is 0 Å². The number of rotatable bonds is 7. The summed E-state index contributed by atoms with van der Waals surface area (Å²) in [6.07, 6.45) is 6.74. The Labute approximate surface area is 181 Å². The molecular weight excluding hydrogens is 408 g/mol. The molecule has 1 saturated carbocycles. The van der Waals surface area contributed by atoms with Crippen LogP contribution >= 0.6 is 35.1 Å². The molecule has 1 aromatic carbocycles. The minimum Gasteiger partial charge on any atom is -0.325 e. The fourth-order valence-corrected chi connectivity index (χ4v) is 6.91. The summed E-state index contributed by atoms with van der Waals surface area (Å²) in [5.41, 5.74) is 0.937. The number of thioether (sulfide) groups is 2. The normalized spacial score (nSPS) is 20.5. The summed E-state index contributed by atoms with van der Waals surface area (Å²) < 4.78 is 0. The van der Waals surface area contributed by atoms with Gasteiger partial charge in [0.25, 0.3) is 0 Å². The molecule has 2 aromatic rings. The first kappa shape index (κ1) is 21.5. The second-order valence-electron chi connectivity index (χ2n) is 7.15.